The molecule has 20 heavy (non-hydrogen) atoms. The summed E-state index contributed by atoms with van der Waals surface area (Å²) >= 11 is 0. The Hall–Kier alpha value is -2.90. The minimum atomic E-state index is -0.432. The van der Waals surface area contributed by atoms with Gasteiger partial charge in [-0.15, -0.1) is 0 Å². The van der Waals surface area contributed by atoms with E-state index in [-0.39, 0.29) is 5.69 Å². The van der Waals surface area contributed by atoms with Crippen LogP contribution in [0.4, 0.5) is 17.3 Å². The number of aryl methyl sites for hydroxylation is 2. The Morgan fingerprint density at radius 3 is 2.90 bits per heavy atom. The first kappa shape index (κ1) is 12.2. The number of nitro benzene ring substituents is 1. The van der Waals surface area contributed by atoms with Crippen molar-refractivity contribution in [3.05, 3.63) is 40.2 Å². The molecule has 2 aromatic heterocycles. The Kier molecular flexibility index (Phi) is 2.63. The summed E-state index contributed by atoms with van der Waals surface area (Å²) in [5.74, 6) is 0.525. The van der Waals surface area contributed by atoms with Gasteiger partial charge in [0.1, 0.15) is 0 Å². The molecule has 0 aliphatic carbocycles. The molecule has 0 spiro atoms. The van der Waals surface area contributed by atoms with Gasteiger partial charge in [0.2, 0.25) is 5.95 Å². The molecule has 0 aliphatic rings. The quantitative estimate of drug-likeness (QED) is 0.562. The van der Waals surface area contributed by atoms with Gasteiger partial charge in [0.25, 0.3) is 5.69 Å². The van der Waals surface area contributed by atoms with Crippen molar-refractivity contribution in [3.63, 3.8) is 0 Å². The lowest BCUT2D eigenvalue weighted by atomic mass is 10.3. The van der Waals surface area contributed by atoms with E-state index in [4.69, 9.17) is 0 Å². The summed E-state index contributed by atoms with van der Waals surface area (Å²) in [5.41, 5.74) is 2.99. The van der Waals surface area contributed by atoms with Gasteiger partial charge in [-0.25, -0.2) is 4.98 Å². The highest BCUT2D eigenvalue weighted by Crippen LogP contribution is 2.23. The van der Waals surface area contributed by atoms with E-state index in [2.05, 4.69) is 20.4 Å². The summed E-state index contributed by atoms with van der Waals surface area (Å²) in [7, 11) is 1.83. The number of hydrogen-bond donors (Lipinski definition) is 2. The number of nitro groups is 1. The first-order valence-corrected chi connectivity index (χ1v) is 5.94. The van der Waals surface area contributed by atoms with E-state index in [0.29, 0.717) is 17.0 Å². The molecule has 3 aromatic rings. The van der Waals surface area contributed by atoms with E-state index in [0.717, 1.165) is 11.4 Å². The summed E-state index contributed by atoms with van der Waals surface area (Å²) in [6.07, 6.45) is 1.84. The molecular formula is C12H12N6O2. The van der Waals surface area contributed by atoms with Gasteiger partial charge in [0.05, 0.1) is 27.3 Å². The molecule has 102 valence electrons. The van der Waals surface area contributed by atoms with Gasteiger partial charge >= 0.3 is 0 Å². The number of H-pyrrole nitrogens is 1. The van der Waals surface area contributed by atoms with Gasteiger partial charge in [-0.05, 0) is 13.0 Å². The summed E-state index contributed by atoms with van der Waals surface area (Å²) in [6.45, 7) is 1.88. The van der Waals surface area contributed by atoms with Crippen molar-refractivity contribution < 1.29 is 4.92 Å². The highest BCUT2D eigenvalue weighted by molar-refractivity contribution is 5.80. The molecule has 8 nitrogen and oxygen atoms in total. The van der Waals surface area contributed by atoms with Gasteiger partial charge in [-0.2, -0.15) is 5.10 Å². The highest BCUT2D eigenvalue weighted by atomic mass is 16.6. The Morgan fingerprint density at radius 1 is 1.45 bits per heavy atom. The van der Waals surface area contributed by atoms with Crippen LogP contribution >= 0.6 is 0 Å². The average molecular weight is 272 g/mol. The van der Waals surface area contributed by atoms with Crippen LogP contribution in [-0.4, -0.2) is 24.7 Å². The molecule has 0 saturated heterocycles. The van der Waals surface area contributed by atoms with Gasteiger partial charge in [0, 0.05) is 25.4 Å². The van der Waals surface area contributed by atoms with Gasteiger partial charge in [-0.1, -0.05) is 0 Å². The lowest BCUT2D eigenvalue weighted by Crippen LogP contribution is -1.92. The molecule has 0 unspecified atom stereocenters. The number of imidazole rings is 1. The third-order valence-electron chi connectivity index (χ3n) is 2.94. The van der Waals surface area contributed by atoms with E-state index >= 15 is 0 Å². The minimum Gasteiger partial charge on any atom is -0.324 e. The molecule has 1 aromatic carbocycles. The monoisotopic (exact) mass is 272 g/mol. The molecule has 8 heteroatoms. The molecule has 0 atom stereocenters. The van der Waals surface area contributed by atoms with Gasteiger partial charge < -0.3 is 10.3 Å². The van der Waals surface area contributed by atoms with Gasteiger partial charge in [0.15, 0.2) is 0 Å². The number of rotatable bonds is 3. The smallest absolute Gasteiger partial charge is 0.271 e. The number of nitrogens with zero attached hydrogens (tertiary/aromatic N) is 4. The molecule has 0 radical (unpaired) electrons. The van der Waals surface area contributed by atoms with E-state index in [9.17, 15) is 10.1 Å². The fraction of sp³-hybridized carbons (Fsp3) is 0.167. The standard InChI is InChI=1S/C12H12N6O2/c1-7-11(6-17(2)16-7)15-12-13-9-4-3-8(18(19)20)5-10(9)14-12/h3-6H,1-2H3,(H2,13,14,15). The fourth-order valence-electron chi connectivity index (χ4n) is 2.02. The molecule has 3 rings (SSSR count). The molecule has 0 bridgehead atoms. The number of fused-ring (bicyclic) bond motifs is 1. The van der Waals surface area contributed by atoms with Crippen LogP contribution in [0.2, 0.25) is 0 Å². The maximum absolute atomic E-state index is 10.7. The average Bonchev–Trinajstić information content (AvgIpc) is 2.91. The molecular weight excluding hydrogens is 260 g/mol. The van der Waals surface area contributed by atoms with Crippen LogP contribution in [0.3, 0.4) is 0 Å². The number of hydrogen-bond acceptors (Lipinski definition) is 5. The van der Waals surface area contributed by atoms with Crippen molar-refractivity contribution >= 4 is 28.4 Å². The largest absolute Gasteiger partial charge is 0.324 e. The lowest BCUT2D eigenvalue weighted by Gasteiger charge is -1.98. The topological polar surface area (TPSA) is 102 Å². The van der Waals surface area contributed by atoms with Crippen LogP contribution in [0.5, 0.6) is 0 Å². The number of benzene rings is 1. The zero-order chi connectivity index (χ0) is 14.3. The maximum atomic E-state index is 10.7. The molecule has 2 N–H and O–H groups in total. The zero-order valence-corrected chi connectivity index (χ0v) is 10.9. The van der Waals surface area contributed by atoms with Crippen molar-refractivity contribution in [3.8, 4) is 0 Å². The first-order valence-electron chi connectivity index (χ1n) is 5.94. The number of nitrogens with one attached hydrogen (secondary N) is 2. The van der Waals surface area contributed by atoms with E-state index in [1.807, 2.05) is 20.2 Å². The van der Waals surface area contributed by atoms with Crippen LogP contribution in [0.15, 0.2) is 24.4 Å². The zero-order valence-electron chi connectivity index (χ0n) is 10.9. The van der Waals surface area contributed by atoms with Crippen molar-refractivity contribution in [1.82, 2.24) is 19.7 Å². The predicted octanol–water partition coefficient (Wildman–Crippen LogP) is 2.26. The van der Waals surface area contributed by atoms with Crippen molar-refractivity contribution in [2.75, 3.05) is 5.32 Å². The predicted molar refractivity (Wildman–Crippen MR) is 74.0 cm³/mol. The van der Waals surface area contributed by atoms with Crippen LogP contribution in [0.1, 0.15) is 5.69 Å². The van der Waals surface area contributed by atoms with Crippen molar-refractivity contribution in [1.29, 1.82) is 0 Å². The summed E-state index contributed by atoms with van der Waals surface area (Å²) in [4.78, 5) is 17.6. The maximum Gasteiger partial charge on any atom is 0.271 e. The Labute approximate surface area is 113 Å². The Balaban J connectivity index is 1.96. The van der Waals surface area contributed by atoms with Crippen LogP contribution in [0.25, 0.3) is 11.0 Å². The van der Waals surface area contributed by atoms with Crippen LogP contribution < -0.4 is 5.32 Å². The molecule has 2 heterocycles. The second-order valence-corrected chi connectivity index (χ2v) is 4.47. The summed E-state index contributed by atoms with van der Waals surface area (Å²) in [6, 6.07) is 4.51. The number of non-ortho nitro benzene ring substituents is 1. The van der Waals surface area contributed by atoms with Gasteiger partial charge in [-0.3, -0.25) is 14.8 Å². The Morgan fingerprint density at radius 2 is 2.25 bits per heavy atom. The number of aromatic amines is 1. The number of aromatic nitrogens is 4. The van der Waals surface area contributed by atoms with E-state index in [1.165, 1.54) is 12.1 Å². The SMILES string of the molecule is Cc1nn(C)cc1Nc1nc2ccc([N+](=O)[O-])cc2[nH]1. The lowest BCUT2D eigenvalue weighted by molar-refractivity contribution is -0.384. The normalized spacial score (nSPS) is 10.9. The van der Waals surface area contributed by atoms with Crippen molar-refractivity contribution in [2.45, 2.75) is 6.92 Å². The highest BCUT2D eigenvalue weighted by Gasteiger charge is 2.11. The van der Waals surface area contributed by atoms with Crippen LogP contribution in [-0.2, 0) is 7.05 Å². The second kappa shape index (κ2) is 4.34. The number of anilines is 2. The molecule has 0 amide bonds. The molecule has 0 aliphatic heterocycles. The second-order valence-electron chi connectivity index (χ2n) is 4.47. The summed E-state index contributed by atoms with van der Waals surface area (Å²) in [5, 5.41) is 18.1. The summed E-state index contributed by atoms with van der Waals surface area (Å²) < 4.78 is 1.70. The fourth-order valence-corrected chi connectivity index (χ4v) is 2.02. The van der Waals surface area contributed by atoms with E-state index in [1.54, 1.807) is 10.7 Å². The third kappa shape index (κ3) is 2.07. The third-order valence-corrected chi connectivity index (χ3v) is 2.94. The van der Waals surface area contributed by atoms with E-state index < -0.39 is 4.92 Å². The Bertz CT molecular complexity index is 803. The first-order chi connectivity index (χ1) is 9.52. The minimum absolute atomic E-state index is 0.0326. The molecule has 0 fully saturated rings. The van der Waals surface area contributed by atoms with Crippen LogP contribution in [0, 0.1) is 17.0 Å². The van der Waals surface area contributed by atoms with Crippen molar-refractivity contribution in [2.24, 2.45) is 7.05 Å². The molecule has 0 saturated carbocycles.